The second kappa shape index (κ2) is 9.61. The zero-order valence-corrected chi connectivity index (χ0v) is 18.3. The third-order valence-corrected chi connectivity index (χ3v) is 5.62. The van der Waals surface area contributed by atoms with Crippen molar-refractivity contribution in [3.05, 3.63) is 59.2 Å². The lowest BCUT2D eigenvalue weighted by Crippen LogP contribution is -2.23. The van der Waals surface area contributed by atoms with E-state index in [1.54, 1.807) is 28.5 Å². The summed E-state index contributed by atoms with van der Waals surface area (Å²) in [5.74, 6) is 0.905. The van der Waals surface area contributed by atoms with Crippen molar-refractivity contribution in [1.82, 2.24) is 10.3 Å². The Hall–Kier alpha value is -3.72. The molecule has 4 rings (SSSR count). The molecule has 1 aromatic carbocycles. The smallest absolute Gasteiger partial charge is 0.250 e. The van der Waals surface area contributed by atoms with E-state index in [2.05, 4.69) is 15.6 Å². The number of furan rings is 1. The molecule has 1 aliphatic rings. The SMILES string of the molecule is CC(=O)NCc1ccc(-c2csc(NC(=O)/C=C/c3ccc(N4CCCC4=O)cc3)n2)o1. The van der Waals surface area contributed by atoms with Crippen LogP contribution >= 0.6 is 11.3 Å². The summed E-state index contributed by atoms with van der Waals surface area (Å²) in [4.78, 5) is 41.2. The highest BCUT2D eigenvalue weighted by Gasteiger charge is 2.21. The first-order chi connectivity index (χ1) is 15.5. The topological polar surface area (TPSA) is 105 Å². The van der Waals surface area contributed by atoms with Gasteiger partial charge in [0.1, 0.15) is 11.5 Å². The molecule has 8 nitrogen and oxygen atoms in total. The lowest BCUT2D eigenvalue weighted by molar-refractivity contribution is -0.119. The monoisotopic (exact) mass is 450 g/mol. The maximum Gasteiger partial charge on any atom is 0.250 e. The van der Waals surface area contributed by atoms with E-state index in [9.17, 15) is 14.4 Å². The third kappa shape index (κ3) is 5.30. The number of rotatable bonds is 7. The average molecular weight is 451 g/mol. The van der Waals surface area contributed by atoms with Crippen molar-refractivity contribution in [2.24, 2.45) is 0 Å². The van der Waals surface area contributed by atoms with Gasteiger partial charge in [-0.2, -0.15) is 0 Å². The predicted octanol–water partition coefficient (Wildman–Crippen LogP) is 3.82. The Kier molecular flexibility index (Phi) is 6.46. The van der Waals surface area contributed by atoms with Gasteiger partial charge in [-0.15, -0.1) is 11.3 Å². The van der Waals surface area contributed by atoms with E-state index < -0.39 is 0 Å². The summed E-state index contributed by atoms with van der Waals surface area (Å²) in [6, 6.07) is 11.1. The Morgan fingerprint density at radius 1 is 1.22 bits per heavy atom. The number of aromatic nitrogens is 1. The molecule has 2 aromatic heterocycles. The number of benzene rings is 1. The standard InChI is InChI=1S/C23H22N4O4S/c1-15(28)24-13-18-9-10-20(31-18)19-14-32-23(25-19)26-21(29)11-6-16-4-7-17(8-5-16)27-12-2-3-22(27)30/h4-11,14H,2-3,12-13H2,1H3,(H,24,28)(H,25,26,29)/b11-6+. The van der Waals surface area contributed by atoms with E-state index in [0.29, 0.717) is 35.3 Å². The van der Waals surface area contributed by atoms with Crippen LogP contribution in [0.25, 0.3) is 17.5 Å². The van der Waals surface area contributed by atoms with Gasteiger partial charge in [-0.05, 0) is 42.3 Å². The van der Waals surface area contributed by atoms with E-state index in [4.69, 9.17) is 4.42 Å². The summed E-state index contributed by atoms with van der Waals surface area (Å²) in [5.41, 5.74) is 2.34. The molecule has 0 spiro atoms. The predicted molar refractivity (Wildman–Crippen MR) is 123 cm³/mol. The van der Waals surface area contributed by atoms with Gasteiger partial charge in [0.15, 0.2) is 10.9 Å². The van der Waals surface area contributed by atoms with Gasteiger partial charge in [-0.25, -0.2) is 4.98 Å². The van der Waals surface area contributed by atoms with Gasteiger partial charge in [-0.3, -0.25) is 19.7 Å². The minimum Gasteiger partial charge on any atom is -0.458 e. The number of hydrogen-bond acceptors (Lipinski definition) is 6. The molecule has 1 saturated heterocycles. The molecule has 0 aliphatic carbocycles. The minimum absolute atomic E-state index is 0.132. The molecule has 0 radical (unpaired) electrons. The van der Waals surface area contributed by atoms with Crippen molar-refractivity contribution in [3.8, 4) is 11.5 Å². The maximum atomic E-state index is 12.3. The normalized spacial score (nSPS) is 13.7. The minimum atomic E-state index is -0.296. The van der Waals surface area contributed by atoms with Crippen LogP contribution in [-0.4, -0.2) is 29.3 Å². The molecule has 1 aliphatic heterocycles. The maximum absolute atomic E-state index is 12.3. The number of carbonyl (C=O) groups excluding carboxylic acids is 3. The molecule has 0 unspecified atom stereocenters. The summed E-state index contributed by atoms with van der Waals surface area (Å²) in [6.45, 7) is 2.50. The highest BCUT2D eigenvalue weighted by molar-refractivity contribution is 7.14. The first-order valence-corrected chi connectivity index (χ1v) is 11.0. The first-order valence-electron chi connectivity index (χ1n) is 10.2. The van der Waals surface area contributed by atoms with E-state index in [-0.39, 0.29) is 17.7 Å². The van der Waals surface area contributed by atoms with Gasteiger partial charge in [0.05, 0.1) is 6.54 Å². The zero-order chi connectivity index (χ0) is 22.5. The summed E-state index contributed by atoms with van der Waals surface area (Å²) in [6.07, 6.45) is 4.63. The molecule has 0 bridgehead atoms. The van der Waals surface area contributed by atoms with E-state index in [0.717, 1.165) is 24.2 Å². The van der Waals surface area contributed by atoms with Crippen molar-refractivity contribution < 1.29 is 18.8 Å². The van der Waals surface area contributed by atoms with Crippen LogP contribution in [0.4, 0.5) is 10.8 Å². The second-order valence-electron chi connectivity index (χ2n) is 7.28. The highest BCUT2D eigenvalue weighted by Crippen LogP contribution is 2.27. The number of thiazole rings is 1. The van der Waals surface area contributed by atoms with Crippen LogP contribution in [0.2, 0.25) is 0 Å². The number of hydrogen-bond donors (Lipinski definition) is 2. The summed E-state index contributed by atoms with van der Waals surface area (Å²) in [5, 5.41) is 7.66. The summed E-state index contributed by atoms with van der Waals surface area (Å²) < 4.78 is 5.68. The summed E-state index contributed by atoms with van der Waals surface area (Å²) in [7, 11) is 0. The molecule has 3 heterocycles. The molecule has 164 valence electrons. The Morgan fingerprint density at radius 2 is 2.03 bits per heavy atom. The van der Waals surface area contributed by atoms with Crippen molar-refractivity contribution in [2.75, 3.05) is 16.8 Å². The fourth-order valence-electron chi connectivity index (χ4n) is 3.27. The Morgan fingerprint density at radius 3 is 2.75 bits per heavy atom. The molecule has 9 heteroatoms. The van der Waals surface area contributed by atoms with Gasteiger partial charge in [0.2, 0.25) is 17.7 Å². The lowest BCUT2D eigenvalue weighted by atomic mass is 10.2. The van der Waals surface area contributed by atoms with Crippen LogP contribution in [0.1, 0.15) is 31.1 Å². The number of anilines is 2. The van der Waals surface area contributed by atoms with Gasteiger partial charge in [0.25, 0.3) is 0 Å². The average Bonchev–Trinajstić information content (AvgIpc) is 3.52. The zero-order valence-electron chi connectivity index (χ0n) is 17.5. The number of nitrogens with zero attached hydrogens (tertiary/aromatic N) is 2. The van der Waals surface area contributed by atoms with Crippen LogP contribution in [0.3, 0.4) is 0 Å². The molecule has 0 atom stereocenters. The lowest BCUT2D eigenvalue weighted by Gasteiger charge is -2.15. The largest absolute Gasteiger partial charge is 0.458 e. The molecule has 1 fully saturated rings. The van der Waals surface area contributed by atoms with Gasteiger partial charge in [-0.1, -0.05) is 12.1 Å². The Bertz CT molecular complexity index is 1160. The molecular formula is C23H22N4O4S. The quantitative estimate of drug-likeness (QED) is 0.533. The van der Waals surface area contributed by atoms with Crippen molar-refractivity contribution >= 4 is 46.0 Å². The fourth-order valence-corrected chi connectivity index (χ4v) is 3.97. The van der Waals surface area contributed by atoms with Gasteiger partial charge >= 0.3 is 0 Å². The second-order valence-corrected chi connectivity index (χ2v) is 8.13. The molecule has 2 N–H and O–H groups in total. The van der Waals surface area contributed by atoms with Crippen molar-refractivity contribution in [2.45, 2.75) is 26.3 Å². The molecule has 3 aromatic rings. The molecular weight excluding hydrogens is 428 g/mol. The van der Waals surface area contributed by atoms with Crippen molar-refractivity contribution in [3.63, 3.8) is 0 Å². The van der Waals surface area contributed by atoms with Crippen LogP contribution in [0.5, 0.6) is 0 Å². The first kappa shape index (κ1) is 21.5. The fraction of sp³-hybridized carbons (Fsp3) is 0.217. The van der Waals surface area contributed by atoms with Crippen LogP contribution in [0, 0.1) is 0 Å². The van der Waals surface area contributed by atoms with Crippen LogP contribution < -0.4 is 15.5 Å². The van der Waals surface area contributed by atoms with Gasteiger partial charge < -0.3 is 14.6 Å². The Labute approximate surface area is 188 Å². The van der Waals surface area contributed by atoms with Crippen LogP contribution in [-0.2, 0) is 20.9 Å². The molecule has 0 saturated carbocycles. The summed E-state index contributed by atoms with van der Waals surface area (Å²) >= 11 is 1.29. The van der Waals surface area contributed by atoms with Crippen molar-refractivity contribution in [1.29, 1.82) is 0 Å². The number of amides is 3. The van der Waals surface area contributed by atoms with Gasteiger partial charge in [0, 0.05) is 37.0 Å². The highest BCUT2D eigenvalue weighted by atomic mass is 32.1. The van der Waals surface area contributed by atoms with E-state index in [1.807, 2.05) is 24.3 Å². The molecule has 32 heavy (non-hydrogen) atoms. The van der Waals surface area contributed by atoms with E-state index in [1.165, 1.54) is 24.3 Å². The molecule has 3 amide bonds. The number of carbonyl (C=O) groups is 3. The third-order valence-electron chi connectivity index (χ3n) is 4.87. The Balaban J connectivity index is 1.32. The van der Waals surface area contributed by atoms with E-state index >= 15 is 0 Å². The van der Waals surface area contributed by atoms with Crippen LogP contribution in [0.15, 0.2) is 52.3 Å². The number of nitrogens with one attached hydrogen (secondary N) is 2.